The van der Waals surface area contributed by atoms with Gasteiger partial charge in [-0.1, -0.05) is 64.5 Å². The molecule has 5 rings (SSSR count). The highest BCUT2D eigenvalue weighted by molar-refractivity contribution is 9.09. The van der Waals surface area contributed by atoms with Crippen LogP contribution in [0.5, 0.6) is 0 Å². The summed E-state index contributed by atoms with van der Waals surface area (Å²) in [7, 11) is 0. The number of ether oxygens (including phenoxy) is 2. The molecule has 0 spiro atoms. The largest absolute Gasteiger partial charge is 0.509 e. The number of rotatable bonds is 0. The Bertz CT molecular complexity index is 965. The monoisotopic (exact) mass is 368 g/mol. The SMILES string of the molecule is O=C1O[C@@H]2CC(Br)c3ccc4c(ccc5ccccc54)c3[C@@H]2O1. The number of carbonyl (C=O) groups is 1. The van der Waals surface area contributed by atoms with E-state index in [-0.39, 0.29) is 17.0 Å². The molecule has 0 amide bonds. The Labute approximate surface area is 141 Å². The minimum absolute atomic E-state index is 0.170. The molecular weight excluding hydrogens is 356 g/mol. The molecule has 0 saturated carbocycles. The van der Waals surface area contributed by atoms with Crippen molar-refractivity contribution in [3.63, 3.8) is 0 Å². The van der Waals surface area contributed by atoms with Gasteiger partial charge in [-0.3, -0.25) is 0 Å². The number of hydrogen-bond acceptors (Lipinski definition) is 3. The van der Waals surface area contributed by atoms with Crippen molar-refractivity contribution in [2.75, 3.05) is 0 Å². The molecule has 0 aromatic heterocycles. The first-order valence-electron chi connectivity index (χ1n) is 7.68. The molecule has 0 radical (unpaired) electrons. The average Bonchev–Trinajstić information content (AvgIpc) is 2.94. The van der Waals surface area contributed by atoms with Crippen LogP contribution in [0, 0.1) is 0 Å². The molecule has 114 valence electrons. The first kappa shape index (κ1) is 13.4. The molecule has 3 aromatic carbocycles. The van der Waals surface area contributed by atoms with E-state index in [1.54, 1.807) is 0 Å². The van der Waals surface area contributed by atoms with E-state index in [1.165, 1.54) is 21.7 Å². The predicted molar refractivity (Wildman–Crippen MR) is 91.8 cm³/mol. The molecule has 1 fully saturated rings. The van der Waals surface area contributed by atoms with Crippen LogP contribution in [0.25, 0.3) is 21.5 Å². The Morgan fingerprint density at radius 3 is 2.65 bits per heavy atom. The lowest BCUT2D eigenvalue weighted by atomic mass is 9.83. The molecule has 4 heteroatoms. The topological polar surface area (TPSA) is 35.5 Å². The molecule has 23 heavy (non-hydrogen) atoms. The molecule has 3 aromatic rings. The van der Waals surface area contributed by atoms with Gasteiger partial charge < -0.3 is 9.47 Å². The summed E-state index contributed by atoms with van der Waals surface area (Å²) >= 11 is 3.73. The van der Waals surface area contributed by atoms with Crippen molar-refractivity contribution in [3.8, 4) is 0 Å². The van der Waals surface area contributed by atoms with Crippen LogP contribution in [-0.4, -0.2) is 12.3 Å². The van der Waals surface area contributed by atoms with Gasteiger partial charge in [-0.15, -0.1) is 0 Å². The third kappa shape index (κ3) is 1.84. The van der Waals surface area contributed by atoms with Crippen LogP contribution in [0.2, 0.25) is 0 Å². The van der Waals surface area contributed by atoms with Crippen molar-refractivity contribution in [1.82, 2.24) is 0 Å². The number of hydrogen-bond donors (Lipinski definition) is 0. The van der Waals surface area contributed by atoms with Crippen molar-refractivity contribution >= 4 is 43.6 Å². The van der Waals surface area contributed by atoms with Gasteiger partial charge >= 0.3 is 6.16 Å². The fraction of sp³-hybridized carbons (Fsp3) is 0.211. The third-order valence-corrected chi connectivity index (χ3v) is 5.74. The average molecular weight is 369 g/mol. The highest BCUT2D eigenvalue weighted by atomic mass is 79.9. The number of fused-ring (bicyclic) bond motifs is 7. The molecule has 1 aliphatic carbocycles. The van der Waals surface area contributed by atoms with E-state index in [0.29, 0.717) is 0 Å². The van der Waals surface area contributed by atoms with Gasteiger partial charge in [0.25, 0.3) is 0 Å². The van der Waals surface area contributed by atoms with Gasteiger partial charge in [-0.05, 0) is 27.1 Å². The van der Waals surface area contributed by atoms with Gasteiger partial charge in [0.15, 0.2) is 6.10 Å². The normalized spacial score (nSPS) is 25.8. The molecule has 0 bridgehead atoms. The van der Waals surface area contributed by atoms with E-state index < -0.39 is 6.16 Å². The Kier molecular flexibility index (Phi) is 2.74. The van der Waals surface area contributed by atoms with Gasteiger partial charge in [0, 0.05) is 16.8 Å². The first-order chi connectivity index (χ1) is 11.2. The summed E-state index contributed by atoms with van der Waals surface area (Å²) in [5.41, 5.74) is 2.27. The van der Waals surface area contributed by atoms with E-state index in [1.807, 2.05) is 6.07 Å². The first-order valence-corrected chi connectivity index (χ1v) is 8.59. The number of halogens is 1. The molecule has 1 aliphatic heterocycles. The number of carbonyl (C=O) groups excluding carboxylic acids is 1. The standard InChI is InChI=1S/C19H13BrO3/c20-15-9-16-18(23-19(21)22-16)17-13-6-5-10-3-1-2-4-11(10)12(13)7-8-14(15)17/h1-8,15-16,18H,9H2/t15?,16-,18-/m1/s1. The molecular formula is C19H13BrO3. The van der Waals surface area contributed by atoms with Crippen LogP contribution in [0.1, 0.15) is 28.5 Å². The van der Waals surface area contributed by atoms with Crippen LogP contribution in [0.15, 0.2) is 48.5 Å². The molecule has 3 atom stereocenters. The maximum Gasteiger partial charge on any atom is 0.509 e. The minimum atomic E-state index is -0.564. The van der Waals surface area contributed by atoms with Gasteiger partial charge in [0.05, 0.1) is 0 Å². The fourth-order valence-corrected chi connectivity index (χ4v) is 4.63. The molecule has 3 nitrogen and oxygen atoms in total. The maximum atomic E-state index is 11.6. The molecule has 1 saturated heterocycles. The smallest absolute Gasteiger partial charge is 0.427 e. The van der Waals surface area contributed by atoms with Crippen LogP contribution in [0.4, 0.5) is 4.79 Å². The van der Waals surface area contributed by atoms with Gasteiger partial charge in [0.2, 0.25) is 0 Å². The Hall–Kier alpha value is -2.07. The predicted octanol–water partition coefficient (Wildman–Crippen LogP) is 5.41. The Morgan fingerprint density at radius 2 is 1.74 bits per heavy atom. The molecule has 1 heterocycles. The van der Waals surface area contributed by atoms with Crippen molar-refractivity contribution in [1.29, 1.82) is 0 Å². The number of benzene rings is 3. The van der Waals surface area contributed by atoms with Crippen LogP contribution >= 0.6 is 15.9 Å². The zero-order chi connectivity index (χ0) is 15.6. The second-order valence-corrected chi connectivity index (χ2v) is 7.20. The summed E-state index contributed by atoms with van der Waals surface area (Å²) in [6.45, 7) is 0. The van der Waals surface area contributed by atoms with Gasteiger partial charge in [-0.25, -0.2) is 4.79 Å². The second-order valence-electron chi connectivity index (χ2n) is 6.10. The summed E-state index contributed by atoms with van der Waals surface area (Å²) in [4.78, 5) is 11.8. The maximum absolute atomic E-state index is 11.6. The van der Waals surface area contributed by atoms with Crippen molar-refractivity contribution < 1.29 is 14.3 Å². The van der Waals surface area contributed by atoms with Crippen LogP contribution in [-0.2, 0) is 9.47 Å². The van der Waals surface area contributed by atoms with E-state index in [9.17, 15) is 4.79 Å². The van der Waals surface area contributed by atoms with E-state index >= 15 is 0 Å². The number of alkyl halides is 1. The summed E-state index contributed by atoms with van der Waals surface area (Å²) in [5.74, 6) is 0. The van der Waals surface area contributed by atoms with Gasteiger partial charge in [0.1, 0.15) is 6.10 Å². The second kappa shape index (κ2) is 4.71. The lowest BCUT2D eigenvalue weighted by Gasteiger charge is -2.29. The summed E-state index contributed by atoms with van der Waals surface area (Å²) < 4.78 is 10.8. The highest BCUT2D eigenvalue weighted by Crippen LogP contribution is 2.49. The van der Waals surface area contributed by atoms with E-state index in [4.69, 9.17) is 9.47 Å². The van der Waals surface area contributed by atoms with Crippen LogP contribution < -0.4 is 0 Å². The fourth-order valence-electron chi connectivity index (χ4n) is 3.86. The molecule has 1 unspecified atom stereocenters. The third-order valence-electron chi connectivity index (χ3n) is 4.87. The lowest BCUT2D eigenvalue weighted by Crippen LogP contribution is -2.24. The summed E-state index contributed by atoms with van der Waals surface area (Å²) in [6.07, 6.45) is -0.347. The summed E-state index contributed by atoms with van der Waals surface area (Å²) in [5, 5.41) is 4.75. The zero-order valence-corrected chi connectivity index (χ0v) is 13.7. The van der Waals surface area contributed by atoms with Crippen molar-refractivity contribution in [3.05, 3.63) is 59.7 Å². The van der Waals surface area contributed by atoms with E-state index in [2.05, 4.69) is 58.4 Å². The molecule has 0 N–H and O–H groups in total. The highest BCUT2D eigenvalue weighted by Gasteiger charge is 2.45. The minimum Gasteiger partial charge on any atom is -0.427 e. The summed E-state index contributed by atoms with van der Waals surface area (Å²) in [6, 6.07) is 16.9. The van der Waals surface area contributed by atoms with Crippen molar-refractivity contribution in [2.24, 2.45) is 0 Å². The quantitative estimate of drug-likeness (QED) is 0.302. The lowest BCUT2D eigenvalue weighted by molar-refractivity contribution is 0.116. The van der Waals surface area contributed by atoms with E-state index in [0.717, 1.165) is 17.4 Å². The molecule has 2 aliphatic rings. The van der Waals surface area contributed by atoms with Gasteiger partial charge in [-0.2, -0.15) is 0 Å². The Morgan fingerprint density at radius 1 is 0.913 bits per heavy atom. The van der Waals surface area contributed by atoms with Crippen molar-refractivity contribution in [2.45, 2.75) is 23.5 Å². The Balaban J connectivity index is 1.86. The zero-order valence-electron chi connectivity index (χ0n) is 12.2. The van der Waals surface area contributed by atoms with Crippen LogP contribution in [0.3, 0.4) is 0 Å².